The normalized spacial score (nSPS) is 13.0. The molecular weight excluding hydrogens is 314 g/mol. The molecule has 0 aliphatic heterocycles. The number of allylic oxidation sites excluding steroid dienone is 2. The third kappa shape index (κ3) is 10.2. The van der Waals surface area contributed by atoms with Crippen molar-refractivity contribution in [3.8, 4) is 0 Å². The van der Waals surface area contributed by atoms with Gasteiger partial charge in [-0.05, 0) is 43.0 Å². The molecule has 136 valence electrons. The fraction of sp³-hybridized carbons (Fsp3) is 0.636. The van der Waals surface area contributed by atoms with Crippen molar-refractivity contribution in [3.63, 3.8) is 0 Å². The van der Waals surface area contributed by atoms with E-state index >= 15 is 0 Å². The summed E-state index contributed by atoms with van der Waals surface area (Å²) in [5, 5.41) is 0. The Balaban J connectivity index is 2.44. The maximum absolute atomic E-state index is 6.67. The van der Waals surface area contributed by atoms with Gasteiger partial charge >= 0.3 is 0 Å². The third-order valence-corrected chi connectivity index (χ3v) is 4.90. The molecule has 0 saturated heterocycles. The summed E-state index contributed by atoms with van der Waals surface area (Å²) in [5.74, 6) is 0. The van der Waals surface area contributed by atoms with Gasteiger partial charge in [0.25, 0.3) is 0 Å². The van der Waals surface area contributed by atoms with Crippen molar-refractivity contribution < 1.29 is 0 Å². The molecule has 0 fully saturated rings. The molecule has 24 heavy (non-hydrogen) atoms. The molecule has 0 heterocycles. The second-order valence-electron chi connectivity index (χ2n) is 6.74. The van der Waals surface area contributed by atoms with Crippen LogP contribution in [-0.4, -0.2) is 10.5 Å². The fourth-order valence-electron chi connectivity index (χ4n) is 2.99. The van der Waals surface area contributed by atoms with Crippen LogP contribution in [0.5, 0.6) is 0 Å². The van der Waals surface area contributed by atoms with Crippen molar-refractivity contribution in [1.29, 1.82) is 0 Å². The summed E-state index contributed by atoms with van der Waals surface area (Å²) < 4.78 is 2.04. The highest BCUT2D eigenvalue weighted by atomic mass is 35.5. The van der Waals surface area contributed by atoms with E-state index in [-0.39, 0.29) is 0 Å². The number of hydrogen-bond acceptors (Lipinski definition) is 1. The van der Waals surface area contributed by atoms with Crippen LogP contribution in [0.4, 0.5) is 0 Å². The molecule has 0 bridgehead atoms. The van der Waals surface area contributed by atoms with E-state index in [0.29, 0.717) is 6.04 Å². The second kappa shape index (κ2) is 14.5. The van der Waals surface area contributed by atoms with Gasteiger partial charge in [-0.15, -0.1) is 0 Å². The zero-order valence-electron chi connectivity index (χ0n) is 15.7. The molecule has 0 saturated carbocycles. The summed E-state index contributed by atoms with van der Waals surface area (Å²) in [6, 6.07) is 11.0. The maximum atomic E-state index is 6.67. The van der Waals surface area contributed by atoms with Crippen LogP contribution in [0.2, 0.25) is 0 Å². The topological polar surface area (TPSA) is 3.24 Å². The molecule has 1 unspecified atom stereocenters. The molecule has 1 atom stereocenters. The predicted molar refractivity (Wildman–Crippen MR) is 108 cm³/mol. The van der Waals surface area contributed by atoms with Crippen LogP contribution in [0.25, 0.3) is 0 Å². The largest absolute Gasteiger partial charge is 0.213 e. The van der Waals surface area contributed by atoms with Gasteiger partial charge in [-0.1, -0.05) is 94.9 Å². The first kappa shape index (κ1) is 21.3. The van der Waals surface area contributed by atoms with Crippen LogP contribution in [0.1, 0.15) is 83.6 Å². The zero-order valence-corrected chi connectivity index (χ0v) is 16.5. The van der Waals surface area contributed by atoms with Gasteiger partial charge in [0.05, 0.1) is 0 Å². The first-order valence-electron chi connectivity index (χ1n) is 9.89. The standard InChI is InChI=1S/C22H36ClN/c1-3-5-7-9-14-18-22(19-15-10-8-6-4-2)24(23)20-21-16-12-11-13-17-21/h7,9,11-13,16-17,22H,3-6,8,10,14-15,18-20H2,1-2H3/b9-7+. The molecule has 2 heteroatoms. The molecule has 1 rings (SSSR count). The van der Waals surface area contributed by atoms with Crippen molar-refractivity contribution in [1.82, 2.24) is 4.42 Å². The minimum absolute atomic E-state index is 0.472. The van der Waals surface area contributed by atoms with E-state index in [1.807, 2.05) is 4.42 Å². The molecule has 0 N–H and O–H groups in total. The molecule has 1 aromatic rings. The van der Waals surface area contributed by atoms with Gasteiger partial charge in [0.1, 0.15) is 0 Å². The van der Waals surface area contributed by atoms with Crippen LogP contribution in [-0.2, 0) is 6.54 Å². The summed E-state index contributed by atoms with van der Waals surface area (Å²) >= 11 is 6.67. The van der Waals surface area contributed by atoms with Crippen molar-refractivity contribution >= 4 is 11.8 Å². The summed E-state index contributed by atoms with van der Waals surface area (Å²) in [6.07, 6.45) is 17.2. The average molecular weight is 350 g/mol. The van der Waals surface area contributed by atoms with Gasteiger partial charge in [0, 0.05) is 12.6 Å². The van der Waals surface area contributed by atoms with Crippen molar-refractivity contribution in [2.75, 3.05) is 0 Å². The highest BCUT2D eigenvalue weighted by Crippen LogP contribution is 2.21. The molecule has 0 aliphatic carbocycles. The Morgan fingerprint density at radius 1 is 0.875 bits per heavy atom. The summed E-state index contributed by atoms with van der Waals surface area (Å²) in [6.45, 7) is 5.33. The lowest BCUT2D eigenvalue weighted by Crippen LogP contribution is -2.26. The van der Waals surface area contributed by atoms with Gasteiger partial charge in [0.2, 0.25) is 0 Å². The number of unbranched alkanes of at least 4 members (excludes halogenated alkanes) is 5. The molecule has 0 radical (unpaired) electrons. The lowest BCUT2D eigenvalue weighted by atomic mass is 10.0. The summed E-state index contributed by atoms with van der Waals surface area (Å²) in [4.78, 5) is 0. The SMILES string of the molecule is CCC/C=C/CCC(CCCCCCC)N(Cl)Cc1ccccc1. The Kier molecular flexibility index (Phi) is 12.9. The van der Waals surface area contributed by atoms with Gasteiger partial charge in [-0.3, -0.25) is 0 Å². The molecule has 0 aromatic heterocycles. The average Bonchev–Trinajstić information content (AvgIpc) is 2.60. The van der Waals surface area contributed by atoms with Crippen LogP contribution in [0, 0.1) is 0 Å². The van der Waals surface area contributed by atoms with Crippen molar-refractivity contribution in [2.24, 2.45) is 0 Å². The second-order valence-corrected chi connectivity index (χ2v) is 7.17. The van der Waals surface area contributed by atoms with Crippen LogP contribution >= 0.6 is 11.8 Å². The van der Waals surface area contributed by atoms with Gasteiger partial charge in [-0.25, -0.2) is 4.42 Å². The van der Waals surface area contributed by atoms with E-state index in [1.165, 1.54) is 56.9 Å². The quantitative estimate of drug-likeness (QED) is 0.191. The van der Waals surface area contributed by atoms with E-state index in [4.69, 9.17) is 11.8 Å². The van der Waals surface area contributed by atoms with E-state index in [2.05, 4.69) is 56.3 Å². The number of hydrogen-bond donors (Lipinski definition) is 0. The molecule has 0 amide bonds. The van der Waals surface area contributed by atoms with Crippen molar-refractivity contribution in [3.05, 3.63) is 48.0 Å². The van der Waals surface area contributed by atoms with E-state index < -0.39 is 0 Å². The predicted octanol–water partition coefficient (Wildman–Crippen LogP) is 7.51. The van der Waals surface area contributed by atoms with Gasteiger partial charge in [-0.2, -0.15) is 0 Å². The molecular formula is C22H36ClN. The Bertz CT molecular complexity index is 415. The number of nitrogens with zero attached hydrogens (tertiary/aromatic N) is 1. The minimum Gasteiger partial charge on any atom is -0.213 e. The lowest BCUT2D eigenvalue weighted by molar-refractivity contribution is 0.291. The smallest absolute Gasteiger partial charge is 0.0392 e. The van der Waals surface area contributed by atoms with Gasteiger partial charge in [0.15, 0.2) is 0 Å². The number of rotatable bonds is 14. The summed E-state index contributed by atoms with van der Waals surface area (Å²) in [5.41, 5.74) is 1.30. The zero-order chi connectivity index (χ0) is 17.5. The Morgan fingerprint density at radius 2 is 1.58 bits per heavy atom. The maximum Gasteiger partial charge on any atom is 0.0392 e. The van der Waals surface area contributed by atoms with Crippen molar-refractivity contribution in [2.45, 2.75) is 90.6 Å². The van der Waals surface area contributed by atoms with E-state index in [0.717, 1.165) is 19.4 Å². The molecule has 1 aromatic carbocycles. The van der Waals surface area contributed by atoms with E-state index in [9.17, 15) is 0 Å². The van der Waals surface area contributed by atoms with Crippen LogP contribution in [0.3, 0.4) is 0 Å². The first-order valence-corrected chi connectivity index (χ1v) is 10.2. The highest BCUT2D eigenvalue weighted by molar-refractivity contribution is 6.13. The Hall–Kier alpha value is -0.790. The van der Waals surface area contributed by atoms with Crippen LogP contribution in [0.15, 0.2) is 42.5 Å². The number of halogens is 1. The first-order chi connectivity index (χ1) is 11.8. The monoisotopic (exact) mass is 349 g/mol. The highest BCUT2D eigenvalue weighted by Gasteiger charge is 2.16. The van der Waals surface area contributed by atoms with E-state index in [1.54, 1.807) is 0 Å². The lowest BCUT2D eigenvalue weighted by Gasteiger charge is -2.25. The fourth-order valence-corrected chi connectivity index (χ4v) is 3.32. The Labute approximate surface area is 155 Å². The molecule has 0 spiro atoms. The molecule has 1 nitrogen and oxygen atoms in total. The summed E-state index contributed by atoms with van der Waals surface area (Å²) in [7, 11) is 0. The van der Waals surface area contributed by atoms with Gasteiger partial charge < -0.3 is 0 Å². The molecule has 0 aliphatic rings. The Morgan fingerprint density at radius 3 is 2.29 bits per heavy atom. The third-order valence-electron chi connectivity index (χ3n) is 4.50. The minimum atomic E-state index is 0.472. The van der Waals surface area contributed by atoms with Crippen LogP contribution < -0.4 is 0 Å². The number of benzene rings is 1.